The van der Waals surface area contributed by atoms with Crippen molar-refractivity contribution in [2.75, 3.05) is 20.3 Å². The number of carboxylic acids is 1. The summed E-state index contributed by atoms with van der Waals surface area (Å²) >= 11 is 3.43. The highest BCUT2D eigenvalue weighted by Crippen LogP contribution is 2.36. The molecule has 0 aliphatic carbocycles. The monoisotopic (exact) mass is 434 g/mol. The van der Waals surface area contributed by atoms with E-state index in [2.05, 4.69) is 15.9 Å². The Morgan fingerprint density at radius 3 is 2.44 bits per heavy atom. The van der Waals surface area contributed by atoms with Gasteiger partial charge in [-0.1, -0.05) is 6.08 Å². The molecule has 0 saturated heterocycles. The number of carbonyl (C=O) groups is 2. The average Bonchev–Trinajstić information content (AvgIpc) is 2.65. The zero-order valence-corrected chi connectivity index (χ0v) is 16.5. The van der Waals surface area contributed by atoms with Crippen molar-refractivity contribution in [3.8, 4) is 17.2 Å². The molecule has 0 radical (unpaired) electrons. The number of methoxy groups -OCH3 is 1. The largest absolute Gasteiger partial charge is 0.492 e. The first-order valence-corrected chi connectivity index (χ1v) is 8.91. The Bertz CT molecular complexity index is 842. The Kier molecular flexibility index (Phi) is 7.43. The lowest BCUT2D eigenvalue weighted by atomic mass is 10.1. The van der Waals surface area contributed by atoms with Crippen molar-refractivity contribution in [3.63, 3.8) is 0 Å². The van der Waals surface area contributed by atoms with Gasteiger partial charge in [-0.25, -0.2) is 4.79 Å². The van der Waals surface area contributed by atoms with Gasteiger partial charge < -0.3 is 19.3 Å². The smallest absolute Gasteiger partial charge is 0.341 e. The number of allylic oxidation sites excluding steroid dienone is 1. The molecule has 0 spiro atoms. The van der Waals surface area contributed by atoms with E-state index < -0.39 is 12.6 Å². The maximum absolute atomic E-state index is 12.3. The Balaban J connectivity index is 2.13. The summed E-state index contributed by atoms with van der Waals surface area (Å²) in [5.41, 5.74) is 1.24. The SMILES string of the molecule is CCOc1cc(/C=C/C(=O)c2ccc(OCC(=O)O)cc2)cc(Br)c1OC. The van der Waals surface area contributed by atoms with Gasteiger partial charge in [0.15, 0.2) is 23.9 Å². The number of hydrogen-bond acceptors (Lipinski definition) is 5. The summed E-state index contributed by atoms with van der Waals surface area (Å²) in [6.45, 7) is 1.94. The van der Waals surface area contributed by atoms with E-state index in [1.54, 1.807) is 43.5 Å². The molecule has 0 unspecified atom stereocenters. The Labute approximate surface area is 165 Å². The van der Waals surface area contributed by atoms with Crippen molar-refractivity contribution >= 4 is 33.8 Å². The first-order valence-electron chi connectivity index (χ1n) is 8.12. The van der Waals surface area contributed by atoms with Crippen LogP contribution in [0.4, 0.5) is 0 Å². The van der Waals surface area contributed by atoms with E-state index in [1.807, 2.05) is 13.0 Å². The molecule has 0 aromatic heterocycles. The summed E-state index contributed by atoms with van der Waals surface area (Å²) in [6.07, 6.45) is 3.14. The Morgan fingerprint density at radius 1 is 1.15 bits per heavy atom. The number of carboxylic acid groups (broad SMARTS) is 1. The fraction of sp³-hybridized carbons (Fsp3) is 0.200. The van der Waals surface area contributed by atoms with E-state index in [0.29, 0.717) is 29.4 Å². The summed E-state index contributed by atoms with van der Waals surface area (Å²) < 4.78 is 16.6. The average molecular weight is 435 g/mol. The molecule has 0 saturated carbocycles. The van der Waals surface area contributed by atoms with Crippen LogP contribution in [0.2, 0.25) is 0 Å². The van der Waals surface area contributed by atoms with Gasteiger partial charge in [0.25, 0.3) is 0 Å². The zero-order chi connectivity index (χ0) is 19.8. The Morgan fingerprint density at radius 2 is 1.85 bits per heavy atom. The van der Waals surface area contributed by atoms with E-state index in [0.717, 1.165) is 10.0 Å². The van der Waals surface area contributed by atoms with E-state index in [9.17, 15) is 9.59 Å². The fourth-order valence-electron chi connectivity index (χ4n) is 2.27. The molecule has 1 N–H and O–H groups in total. The second-order valence-corrected chi connectivity index (χ2v) is 6.23. The predicted molar refractivity (Wildman–Crippen MR) is 105 cm³/mol. The van der Waals surface area contributed by atoms with Crippen molar-refractivity contribution in [1.29, 1.82) is 0 Å². The van der Waals surface area contributed by atoms with Crippen molar-refractivity contribution in [2.45, 2.75) is 6.92 Å². The van der Waals surface area contributed by atoms with Gasteiger partial charge in [0, 0.05) is 5.56 Å². The molecule has 0 bridgehead atoms. The van der Waals surface area contributed by atoms with Crippen LogP contribution in [0.3, 0.4) is 0 Å². The van der Waals surface area contributed by atoms with Gasteiger partial charge in [-0.2, -0.15) is 0 Å². The minimum Gasteiger partial charge on any atom is -0.492 e. The zero-order valence-electron chi connectivity index (χ0n) is 14.9. The first kappa shape index (κ1) is 20.5. The van der Waals surface area contributed by atoms with E-state index in [4.69, 9.17) is 19.3 Å². The van der Waals surface area contributed by atoms with Crippen molar-refractivity contribution in [1.82, 2.24) is 0 Å². The second-order valence-electron chi connectivity index (χ2n) is 5.37. The van der Waals surface area contributed by atoms with Crippen LogP contribution in [-0.4, -0.2) is 37.2 Å². The summed E-state index contributed by atoms with van der Waals surface area (Å²) in [6, 6.07) is 9.90. The topological polar surface area (TPSA) is 82.1 Å². The van der Waals surface area contributed by atoms with Crippen LogP contribution in [0.15, 0.2) is 46.9 Å². The summed E-state index contributed by atoms with van der Waals surface area (Å²) in [7, 11) is 1.56. The molecule has 142 valence electrons. The van der Waals surface area contributed by atoms with E-state index in [-0.39, 0.29) is 5.78 Å². The van der Waals surface area contributed by atoms with Crippen molar-refractivity contribution in [3.05, 3.63) is 58.1 Å². The van der Waals surface area contributed by atoms with E-state index in [1.165, 1.54) is 6.08 Å². The predicted octanol–water partition coefficient (Wildman–Crippen LogP) is 4.22. The number of ketones is 1. The molecule has 6 nitrogen and oxygen atoms in total. The number of halogens is 1. The van der Waals surface area contributed by atoms with Crippen LogP contribution in [-0.2, 0) is 4.79 Å². The molecule has 0 aliphatic heterocycles. The molecule has 2 aromatic rings. The number of benzene rings is 2. The molecule has 2 aromatic carbocycles. The molecule has 0 atom stereocenters. The summed E-state index contributed by atoms with van der Waals surface area (Å²) in [5.74, 6) is 0.317. The molecule has 7 heteroatoms. The molecule has 0 amide bonds. The van der Waals surface area contributed by atoms with Crippen molar-refractivity contribution in [2.24, 2.45) is 0 Å². The lowest BCUT2D eigenvalue weighted by molar-refractivity contribution is -0.139. The van der Waals surface area contributed by atoms with Gasteiger partial charge in [-0.3, -0.25) is 4.79 Å². The maximum Gasteiger partial charge on any atom is 0.341 e. The fourth-order valence-corrected chi connectivity index (χ4v) is 2.90. The second kappa shape index (κ2) is 9.78. The van der Waals surface area contributed by atoms with Gasteiger partial charge in [-0.05, 0) is 70.9 Å². The molecule has 0 fully saturated rings. The minimum atomic E-state index is -1.06. The normalized spacial score (nSPS) is 10.6. The molecular formula is C20H19BrO6. The number of rotatable bonds is 9. The molecular weight excluding hydrogens is 416 g/mol. The summed E-state index contributed by atoms with van der Waals surface area (Å²) in [5, 5.41) is 8.59. The van der Waals surface area contributed by atoms with Gasteiger partial charge in [0.1, 0.15) is 5.75 Å². The number of aliphatic carboxylic acids is 1. The van der Waals surface area contributed by atoms with E-state index >= 15 is 0 Å². The van der Waals surface area contributed by atoms with Gasteiger partial charge in [-0.15, -0.1) is 0 Å². The number of ether oxygens (including phenoxy) is 3. The van der Waals surface area contributed by atoms with Gasteiger partial charge in [0.05, 0.1) is 18.2 Å². The molecule has 0 aliphatic rings. The summed E-state index contributed by atoms with van der Waals surface area (Å²) in [4.78, 5) is 22.8. The van der Waals surface area contributed by atoms with Crippen LogP contribution < -0.4 is 14.2 Å². The Hall–Kier alpha value is -2.80. The van der Waals surface area contributed by atoms with Gasteiger partial charge in [0.2, 0.25) is 0 Å². The standard InChI is InChI=1S/C20H19BrO6/c1-3-26-18-11-13(10-16(21)20(18)25-2)4-9-17(22)14-5-7-15(8-6-14)27-12-19(23)24/h4-11H,3,12H2,1-2H3,(H,23,24)/b9-4+. The number of hydrogen-bond donors (Lipinski definition) is 1. The van der Waals surface area contributed by atoms with Crippen LogP contribution in [0.1, 0.15) is 22.8 Å². The third kappa shape index (κ3) is 5.86. The lowest BCUT2D eigenvalue weighted by Gasteiger charge is -2.12. The number of carbonyl (C=O) groups excluding carboxylic acids is 1. The quantitative estimate of drug-likeness (QED) is 0.469. The van der Waals surface area contributed by atoms with Crippen LogP contribution in [0.25, 0.3) is 6.08 Å². The maximum atomic E-state index is 12.3. The third-order valence-corrected chi connectivity index (χ3v) is 4.05. The van der Waals surface area contributed by atoms with Crippen LogP contribution >= 0.6 is 15.9 Å². The van der Waals surface area contributed by atoms with Crippen LogP contribution in [0, 0.1) is 0 Å². The highest BCUT2D eigenvalue weighted by atomic mass is 79.9. The molecule has 2 rings (SSSR count). The van der Waals surface area contributed by atoms with Crippen molar-refractivity contribution < 1.29 is 28.9 Å². The first-order chi connectivity index (χ1) is 12.9. The van der Waals surface area contributed by atoms with Gasteiger partial charge >= 0.3 is 5.97 Å². The van der Waals surface area contributed by atoms with Crippen LogP contribution in [0.5, 0.6) is 17.2 Å². The minimum absolute atomic E-state index is 0.190. The third-order valence-electron chi connectivity index (χ3n) is 3.46. The highest BCUT2D eigenvalue weighted by Gasteiger charge is 2.10. The highest BCUT2D eigenvalue weighted by molar-refractivity contribution is 9.10. The lowest BCUT2D eigenvalue weighted by Crippen LogP contribution is -2.09. The molecule has 0 heterocycles. The molecule has 27 heavy (non-hydrogen) atoms.